The van der Waals surface area contributed by atoms with E-state index in [0.717, 1.165) is 23.6 Å². The largest absolute Gasteiger partial charge is 0.363 e. The predicted molar refractivity (Wildman–Crippen MR) is 61.9 cm³/mol. The minimum Gasteiger partial charge on any atom is -0.363 e. The molecule has 16 heavy (non-hydrogen) atoms. The van der Waals surface area contributed by atoms with Crippen molar-refractivity contribution in [1.82, 2.24) is 9.78 Å². The monoisotopic (exact) mass is 214 g/mol. The molecular weight excluding hydrogens is 200 g/mol. The zero-order valence-corrected chi connectivity index (χ0v) is 9.47. The normalized spacial score (nSPS) is 23.4. The molecule has 1 saturated heterocycles. The highest BCUT2D eigenvalue weighted by atomic mass is 16.6. The molecule has 3 heteroatoms. The van der Waals surface area contributed by atoms with E-state index in [4.69, 9.17) is 4.74 Å². The van der Waals surface area contributed by atoms with E-state index in [1.165, 1.54) is 0 Å². The van der Waals surface area contributed by atoms with Crippen LogP contribution in [0.5, 0.6) is 0 Å². The van der Waals surface area contributed by atoms with Crippen molar-refractivity contribution in [3.8, 4) is 11.3 Å². The summed E-state index contributed by atoms with van der Waals surface area (Å²) in [6.07, 6.45) is 0. The number of aromatic nitrogens is 2. The fourth-order valence-corrected chi connectivity index (χ4v) is 1.97. The van der Waals surface area contributed by atoms with Gasteiger partial charge in [-0.2, -0.15) is 5.10 Å². The first-order chi connectivity index (χ1) is 7.69. The number of hydrogen-bond donors (Lipinski definition) is 0. The van der Waals surface area contributed by atoms with Gasteiger partial charge < -0.3 is 4.74 Å². The quantitative estimate of drug-likeness (QED) is 0.718. The van der Waals surface area contributed by atoms with Crippen LogP contribution in [-0.4, -0.2) is 16.4 Å². The predicted octanol–water partition coefficient (Wildman–Crippen LogP) is 2.33. The summed E-state index contributed by atoms with van der Waals surface area (Å²) < 4.78 is 7.36. The molecule has 82 valence electrons. The van der Waals surface area contributed by atoms with E-state index < -0.39 is 0 Å². The summed E-state index contributed by atoms with van der Waals surface area (Å²) in [5.74, 6) is 0. The Morgan fingerprint density at radius 2 is 2.00 bits per heavy atom. The second-order valence-electron chi connectivity index (χ2n) is 4.42. The third kappa shape index (κ3) is 1.44. The number of aryl methyl sites for hydroxylation is 1. The van der Waals surface area contributed by atoms with E-state index >= 15 is 0 Å². The number of epoxide rings is 1. The average Bonchev–Trinajstić information content (AvgIpc) is 2.91. The van der Waals surface area contributed by atoms with Crippen molar-refractivity contribution in [3.05, 3.63) is 42.1 Å². The Hall–Kier alpha value is -1.61. The van der Waals surface area contributed by atoms with Gasteiger partial charge in [-0.15, -0.1) is 0 Å². The molecule has 0 radical (unpaired) electrons. The summed E-state index contributed by atoms with van der Waals surface area (Å²) in [6, 6.07) is 12.3. The van der Waals surface area contributed by atoms with Crippen molar-refractivity contribution >= 4 is 0 Å². The Bertz CT molecular complexity index is 512. The van der Waals surface area contributed by atoms with Gasteiger partial charge in [-0.05, 0) is 13.0 Å². The Morgan fingerprint density at radius 1 is 1.31 bits per heavy atom. The van der Waals surface area contributed by atoms with Crippen LogP contribution in [0.4, 0.5) is 0 Å². The standard InChI is InChI=1S/C13H14N2O/c1-13(9-16-13)12-8-11(14-15(12)2)10-6-4-3-5-7-10/h3-8H,9H2,1-2H3. The number of hydrogen-bond acceptors (Lipinski definition) is 2. The molecule has 0 saturated carbocycles. The van der Waals surface area contributed by atoms with E-state index in [2.05, 4.69) is 30.2 Å². The first-order valence-electron chi connectivity index (χ1n) is 5.43. The van der Waals surface area contributed by atoms with Crippen LogP contribution in [0.25, 0.3) is 11.3 Å². The minimum absolute atomic E-state index is 0.116. The van der Waals surface area contributed by atoms with Gasteiger partial charge >= 0.3 is 0 Å². The molecule has 0 N–H and O–H groups in total. The molecular formula is C13H14N2O. The van der Waals surface area contributed by atoms with Crippen molar-refractivity contribution in [2.75, 3.05) is 6.61 Å². The van der Waals surface area contributed by atoms with E-state index in [0.29, 0.717) is 0 Å². The molecule has 1 unspecified atom stereocenters. The minimum atomic E-state index is -0.116. The van der Waals surface area contributed by atoms with E-state index in [9.17, 15) is 0 Å². The SMILES string of the molecule is Cn1nc(-c2ccccc2)cc1C1(C)CO1. The molecule has 1 aromatic carbocycles. The van der Waals surface area contributed by atoms with Gasteiger partial charge in [0.05, 0.1) is 18.0 Å². The van der Waals surface area contributed by atoms with Crippen molar-refractivity contribution < 1.29 is 4.74 Å². The zero-order chi connectivity index (χ0) is 11.2. The highest BCUT2D eigenvalue weighted by molar-refractivity contribution is 5.59. The average molecular weight is 214 g/mol. The van der Waals surface area contributed by atoms with Gasteiger partial charge in [-0.25, -0.2) is 0 Å². The molecule has 1 fully saturated rings. The van der Waals surface area contributed by atoms with Crippen LogP contribution in [0.3, 0.4) is 0 Å². The molecule has 2 heterocycles. The van der Waals surface area contributed by atoms with Crippen LogP contribution in [-0.2, 0) is 17.4 Å². The molecule has 3 nitrogen and oxygen atoms in total. The molecule has 3 rings (SSSR count). The van der Waals surface area contributed by atoms with Gasteiger partial charge in [0.25, 0.3) is 0 Å². The van der Waals surface area contributed by atoms with Gasteiger partial charge in [0, 0.05) is 12.6 Å². The molecule has 1 aliphatic rings. The number of ether oxygens (including phenoxy) is 1. The van der Waals surface area contributed by atoms with Crippen molar-refractivity contribution in [2.45, 2.75) is 12.5 Å². The van der Waals surface area contributed by atoms with Gasteiger partial charge in [0.1, 0.15) is 5.60 Å². The molecule has 1 atom stereocenters. The van der Waals surface area contributed by atoms with Crippen molar-refractivity contribution in [1.29, 1.82) is 0 Å². The second-order valence-corrected chi connectivity index (χ2v) is 4.42. The van der Waals surface area contributed by atoms with Crippen LogP contribution >= 0.6 is 0 Å². The molecule has 0 amide bonds. The second kappa shape index (κ2) is 3.19. The van der Waals surface area contributed by atoms with Crippen LogP contribution < -0.4 is 0 Å². The first kappa shape index (κ1) is 9.60. The Balaban J connectivity index is 2.05. The number of rotatable bonds is 2. The molecule has 1 aromatic heterocycles. The summed E-state index contributed by atoms with van der Waals surface area (Å²) in [7, 11) is 1.97. The molecule has 2 aromatic rings. The highest BCUT2D eigenvalue weighted by Gasteiger charge is 2.44. The van der Waals surface area contributed by atoms with Crippen molar-refractivity contribution in [3.63, 3.8) is 0 Å². The summed E-state index contributed by atoms with van der Waals surface area (Å²) in [5, 5.41) is 4.52. The van der Waals surface area contributed by atoms with E-state index in [1.54, 1.807) is 0 Å². The van der Waals surface area contributed by atoms with E-state index in [-0.39, 0.29) is 5.60 Å². The summed E-state index contributed by atoms with van der Waals surface area (Å²) in [4.78, 5) is 0. The third-order valence-corrected chi connectivity index (χ3v) is 3.07. The van der Waals surface area contributed by atoms with E-state index in [1.807, 2.05) is 29.9 Å². The fraction of sp³-hybridized carbons (Fsp3) is 0.308. The van der Waals surface area contributed by atoms with Gasteiger partial charge in [0.2, 0.25) is 0 Å². The number of benzene rings is 1. The molecule has 1 aliphatic heterocycles. The summed E-state index contributed by atoms with van der Waals surface area (Å²) >= 11 is 0. The van der Waals surface area contributed by atoms with Crippen LogP contribution in [0.2, 0.25) is 0 Å². The lowest BCUT2D eigenvalue weighted by molar-refractivity contribution is 0.316. The first-order valence-corrected chi connectivity index (χ1v) is 5.43. The fourth-order valence-electron chi connectivity index (χ4n) is 1.97. The lowest BCUT2D eigenvalue weighted by Gasteiger charge is -2.03. The number of nitrogens with zero attached hydrogens (tertiary/aromatic N) is 2. The van der Waals surface area contributed by atoms with Crippen LogP contribution in [0.1, 0.15) is 12.6 Å². The van der Waals surface area contributed by atoms with Crippen LogP contribution in [0.15, 0.2) is 36.4 Å². The topological polar surface area (TPSA) is 30.4 Å². The third-order valence-electron chi connectivity index (χ3n) is 3.07. The molecule has 0 bridgehead atoms. The maximum atomic E-state index is 5.45. The Morgan fingerprint density at radius 3 is 2.62 bits per heavy atom. The van der Waals surface area contributed by atoms with Crippen molar-refractivity contribution in [2.24, 2.45) is 7.05 Å². The Kier molecular flexibility index (Phi) is 1.91. The summed E-state index contributed by atoms with van der Waals surface area (Å²) in [5.41, 5.74) is 3.18. The van der Waals surface area contributed by atoms with Gasteiger partial charge in [-0.1, -0.05) is 30.3 Å². The Labute approximate surface area is 94.7 Å². The van der Waals surface area contributed by atoms with Gasteiger partial charge in [-0.3, -0.25) is 4.68 Å². The molecule has 0 spiro atoms. The van der Waals surface area contributed by atoms with Crippen LogP contribution in [0, 0.1) is 0 Å². The molecule has 0 aliphatic carbocycles. The van der Waals surface area contributed by atoms with Gasteiger partial charge in [0.15, 0.2) is 0 Å². The lowest BCUT2D eigenvalue weighted by Crippen LogP contribution is -2.09. The highest BCUT2D eigenvalue weighted by Crippen LogP contribution is 2.38. The summed E-state index contributed by atoms with van der Waals surface area (Å²) in [6.45, 7) is 2.89. The lowest BCUT2D eigenvalue weighted by atomic mass is 10.1. The maximum absolute atomic E-state index is 5.45. The zero-order valence-electron chi connectivity index (χ0n) is 9.47. The smallest absolute Gasteiger partial charge is 0.130 e. The maximum Gasteiger partial charge on any atom is 0.130 e.